The first kappa shape index (κ1) is 15.0. The average Bonchev–Trinajstić information content (AvgIpc) is 2.62. The van der Waals surface area contributed by atoms with Crippen LogP contribution in [-0.4, -0.2) is 46.8 Å². The molecule has 0 aliphatic carbocycles. The van der Waals surface area contributed by atoms with Gasteiger partial charge < -0.3 is 15.7 Å². The zero-order valence-electron chi connectivity index (χ0n) is 12.2. The number of nitrogens with zero attached hydrogens (tertiary/aromatic N) is 1. The first-order chi connectivity index (χ1) is 9.33. The van der Waals surface area contributed by atoms with E-state index in [2.05, 4.69) is 5.32 Å². The summed E-state index contributed by atoms with van der Waals surface area (Å²) in [7, 11) is 1.73. The van der Waals surface area contributed by atoms with Crippen LogP contribution in [0.5, 0.6) is 0 Å². The van der Waals surface area contributed by atoms with Gasteiger partial charge in [-0.25, -0.2) is 0 Å². The number of aliphatic hydroxyl groups is 1. The van der Waals surface area contributed by atoms with Gasteiger partial charge in [0, 0.05) is 13.1 Å². The van der Waals surface area contributed by atoms with Crippen molar-refractivity contribution in [2.24, 2.45) is 5.73 Å². The standard InChI is InChI=1S/C15H23N3O2/c1-15(2)17-12(14(20)18(15)3)13(19)11(16)9-10-7-5-4-6-8-10/h4-8,11-13,17,19H,9,16H2,1-3H3/t11-,12?,13?/m0/s1. The molecule has 2 unspecified atom stereocenters. The van der Waals surface area contributed by atoms with Crippen LogP contribution in [0.1, 0.15) is 19.4 Å². The summed E-state index contributed by atoms with van der Waals surface area (Å²) >= 11 is 0. The van der Waals surface area contributed by atoms with E-state index in [0.717, 1.165) is 5.56 Å². The highest BCUT2D eigenvalue weighted by molar-refractivity contribution is 5.85. The van der Waals surface area contributed by atoms with E-state index < -0.39 is 23.9 Å². The molecule has 5 nitrogen and oxygen atoms in total. The van der Waals surface area contributed by atoms with Crippen molar-refractivity contribution in [2.45, 2.75) is 44.1 Å². The Bertz CT molecular complexity index is 475. The fourth-order valence-corrected chi connectivity index (χ4v) is 2.51. The van der Waals surface area contributed by atoms with Gasteiger partial charge >= 0.3 is 0 Å². The Balaban J connectivity index is 2.04. The van der Waals surface area contributed by atoms with E-state index in [1.165, 1.54) is 0 Å². The quantitative estimate of drug-likeness (QED) is 0.728. The number of nitrogens with two attached hydrogens (primary N) is 1. The molecule has 4 N–H and O–H groups in total. The smallest absolute Gasteiger partial charge is 0.243 e. The molecule has 1 heterocycles. The molecule has 5 heteroatoms. The maximum atomic E-state index is 12.2. The molecule has 1 aromatic rings. The Morgan fingerprint density at radius 2 is 2.00 bits per heavy atom. The number of likely N-dealkylation sites (N-methyl/N-ethyl adjacent to an activating group) is 1. The Morgan fingerprint density at radius 3 is 2.50 bits per heavy atom. The number of aliphatic hydroxyl groups excluding tert-OH is 1. The lowest BCUT2D eigenvalue weighted by Crippen LogP contribution is -2.53. The molecule has 0 bridgehead atoms. The second kappa shape index (κ2) is 5.52. The molecule has 20 heavy (non-hydrogen) atoms. The van der Waals surface area contributed by atoms with Gasteiger partial charge in [0.25, 0.3) is 0 Å². The highest BCUT2D eigenvalue weighted by atomic mass is 16.3. The van der Waals surface area contributed by atoms with Crippen LogP contribution in [0.2, 0.25) is 0 Å². The highest BCUT2D eigenvalue weighted by Crippen LogP contribution is 2.22. The lowest BCUT2D eigenvalue weighted by atomic mass is 9.97. The van der Waals surface area contributed by atoms with E-state index in [1.54, 1.807) is 11.9 Å². The number of hydrogen-bond donors (Lipinski definition) is 3. The van der Waals surface area contributed by atoms with Gasteiger partial charge in [-0.2, -0.15) is 0 Å². The van der Waals surface area contributed by atoms with Gasteiger partial charge in [0.05, 0.1) is 11.8 Å². The van der Waals surface area contributed by atoms with Crippen molar-refractivity contribution in [3.8, 4) is 0 Å². The third kappa shape index (κ3) is 2.85. The second-order valence-corrected chi connectivity index (χ2v) is 5.92. The van der Waals surface area contributed by atoms with Gasteiger partial charge in [0.15, 0.2) is 0 Å². The molecule has 1 aliphatic rings. The van der Waals surface area contributed by atoms with Crippen LogP contribution in [0.25, 0.3) is 0 Å². The zero-order chi connectivity index (χ0) is 14.9. The summed E-state index contributed by atoms with van der Waals surface area (Å²) in [6, 6.07) is 8.61. The van der Waals surface area contributed by atoms with Crippen molar-refractivity contribution in [3.63, 3.8) is 0 Å². The molecule has 110 valence electrons. The maximum Gasteiger partial charge on any atom is 0.243 e. The Morgan fingerprint density at radius 1 is 1.40 bits per heavy atom. The number of carbonyl (C=O) groups is 1. The van der Waals surface area contributed by atoms with Crippen LogP contribution < -0.4 is 11.1 Å². The van der Waals surface area contributed by atoms with E-state index >= 15 is 0 Å². The van der Waals surface area contributed by atoms with Crippen molar-refractivity contribution in [2.75, 3.05) is 7.05 Å². The van der Waals surface area contributed by atoms with E-state index in [1.807, 2.05) is 44.2 Å². The van der Waals surface area contributed by atoms with E-state index in [4.69, 9.17) is 5.73 Å². The van der Waals surface area contributed by atoms with Crippen LogP contribution in [0.3, 0.4) is 0 Å². The van der Waals surface area contributed by atoms with E-state index in [0.29, 0.717) is 6.42 Å². The third-order valence-electron chi connectivity index (χ3n) is 4.04. The second-order valence-electron chi connectivity index (χ2n) is 5.92. The SMILES string of the molecule is CN1C(=O)C(C(O)[C@@H](N)Cc2ccccc2)NC1(C)C. The zero-order valence-corrected chi connectivity index (χ0v) is 12.2. The van der Waals surface area contributed by atoms with Crippen LogP contribution in [-0.2, 0) is 11.2 Å². The van der Waals surface area contributed by atoms with Gasteiger partial charge in [-0.05, 0) is 25.8 Å². The lowest BCUT2D eigenvalue weighted by molar-refractivity contribution is -0.132. The molecule has 0 aromatic heterocycles. The van der Waals surface area contributed by atoms with Crippen molar-refractivity contribution < 1.29 is 9.90 Å². The number of hydrogen-bond acceptors (Lipinski definition) is 4. The molecule has 3 atom stereocenters. The molecular formula is C15H23N3O2. The minimum absolute atomic E-state index is 0.119. The number of amides is 1. The van der Waals surface area contributed by atoms with Gasteiger partial charge in [0.2, 0.25) is 5.91 Å². The predicted molar refractivity (Wildman–Crippen MR) is 77.9 cm³/mol. The third-order valence-corrected chi connectivity index (χ3v) is 4.04. The van der Waals surface area contributed by atoms with Gasteiger partial charge in [-0.15, -0.1) is 0 Å². The largest absolute Gasteiger partial charge is 0.389 e. The number of benzene rings is 1. The first-order valence-corrected chi connectivity index (χ1v) is 6.86. The fourth-order valence-electron chi connectivity index (χ4n) is 2.51. The Labute approximate surface area is 119 Å². The van der Waals surface area contributed by atoms with Crippen LogP contribution >= 0.6 is 0 Å². The molecule has 1 aliphatic heterocycles. The summed E-state index contributed by atoms with van der Waals surface area (Å²) in [5, 5.41) is 13.5. The summed E-state index contributed by atoms with van der Waals surface area (Å²) in [5.41, 5.74) is 6.65. The summed E-state index contributed by atoms with van der Waals surface area (Å²) in [6.07, 6.45) is -0.371. The molecule has 1 amide bonds. The normalized spacial score (nSPS) is 24.8. The minimum Gasteiger partial charge on any atom is -0.389 e. The van der Waals surface area contributed by atoms with Crippen LogP contribution in [0.4, 0.5) is 0 Å². The molecule has 1 fully saturated rings. The topological polar surface area (TPSA) is 78.6 Å². The molecule has 0 saturated carbocycles. The van der Waals surface area contributed by atoms with Crippen LogP contribution in [0, 0.1) is 0 Å². The van der Waals surface area contributed by atoms with Crippen LogP contribution in [0.15, 0.2) is 30.3 Å². The average molecular weight is 277 g/mol. The summed E-state index contributed by atoms with van der Waals surface area (Å²) in [4.78, 5) is 13.8. The molecule has 1 saturated heterocycles. The number of carbonyl (C=O) groups excluding carboxylic acids is 1. The fraction of sp³-hybridized carbons (Fsp3) is 0.533. The monoisotopic (exact) mass is 277 g/mol. The van der Waals surface area contributed by atoms with Crippen molar-refractivity contribution >= 4 is 5.91 Å². The Hall–Kier alpha value is -1.43. The maximum absolute atomic E-state index is 12.2. The molecule has 0 spiro atoms. The van der Waals surface area contributed by atoms with Gasteiger partial charge in [0.1, 0.15) is 6.04 Å². The lowest BCUT2D eigenvalue weighted by Gasteiger charge is -2.27. The van der Waals surface area contributed by atoms with E-state index in [9.17, 15) is 9.90 Å². The van der Waals surface area contributed by atoms with E-state index in [-0.39, 0.29) is 5.91 Å². The van der Waals surface area contributed by atoms with Gasteiger partial charge in [-0.3, -0.25) is 10.1 Å². The molecule has 0 radical (unpaired) electrons. The molecule has 1 aromatic carbocycles. The predicted octanol–water partition coefficient (Wildman–Crippen LogP) is 0.0836. The minimum atomic E-state index is -0.910. The van der Waals surface area contributed by atoms with Crippen molar-refractivity contribution in [1.29, 1.82) is 0 Å². The van der Waals surface area contributed by atoms with Crippen molar-refractivity contribution in [1.82, 2.24) is 10.2 Å². The van der Waals surface area contributed by atoms with Crippen molar-refractivity contribution in [3.05, 3.63) is 35.9 Å². The van der Waals surface area contributed by atoms with Gasteiger partial charge in [-0.1, -0.05) is 30.3 Å². The summed E-state index contributed by atoms with van der Waals surface area (Å²) < 4.78 is 0. The number of nitrogens with one attached hydrogen (secondary N) is 1. The summed E-state index contributed by atoms with van der Waals surface area (Å²) in [5.74, 6) is -0.119. The first-order valence-electron chi connectivity index (χ1n) is 6.86. The molecule has 2 rings (SSSR count). The molecular weight excluding hydrogens is 254 g/mol. The Kier molecular flexibility index (Phi) is 4.13. The summed E-state index contributed by atoms with van der Waals surface area (Å²) in [6.45, 7) is 3.81. The number of rotatable bonds is 4. The highest BCUT2D eigenvalue weighted by Gasteiger charge is 2.46.